The molecule has 0 aliphatic rings. The second-order valence-corrected chi connectivity index (χ2v) is 7.97. The number of hydrogen-bond acceptors (Lipinski definition) is 3. The Morgan fingerprint density at radius 2 is 1.87 bits per heavy atom. The van der Waals surface area contributed by atoms with Crippen LogP contribution in [0.25, 0.3) is 22.6 Å². The van der Waals surface area contributed by atoms with Crippen LogP contribution in [-0.4, -0.2) is 10.9 Å². The lowest BCUT2D eigenvalue weighted by molar-refractivity contribution is 0.102. The minimum absolute atomic E-state index is 0.233. The molecule has 0 saturated heterocycles. The van der Waals surface area contributed by atoms with Crippen molar-refractivity contribution < 1.29 is 9.21 Å². The molecular formula is C24H20Cl2N2O2. The summed E-state index contributed by atoms with van der Waals surface area (Å²) in [5.74, 6) is 0.696. The maximum atomic E-state index is 12.5. The lowest BCUT2D eigenvalue weighted by Crippen LogP contribution is -2.12. The number of rotatable bonds is 5. The maximum absolute atomic E-state index is 12.5. The van der Waals surface area contributed by atoms with Crippen LogP contribution in [0.3, 0.4) is 0 Å². The molecule has 6 heteroatoms. The molecule has 152 valence electrons. The van der Waals surface area contributed by atoms with Crippen molar-refractivity contribution in [3.63, 3.8) is 0 Å². The van der Waals surface area contributed by atoms with Crippen LogP contribution in [0.1, 0.15) is 42.1 Å². The summed E-state index contributed by atoms with van der Waals surface area (Å²) in [4.78, 5) is 17.1. The molecule has 0 spiro atoms. The summed E-state index contributed by atoms with van der Waals surface area (Å²) in [5.41, 5.74) is 4.64. The van der Waals surface area contributed by atoms with Gasteiger partial charge in [-0.3, -0.25) is 4.79 Å². The molecule has 1 aromatic heterocycles. The monoisotopic (exact) mass is 438 g/mol. The van der Waals surface area contributed by atoms with E-state index in [-0.39, 0.29) is 10.9 Å². The third kappa shape index (κ3) is 4.07. The first-order valence-corrected chi connectivity index (χ1v) is 10.5. The van der Waals surface area contributed by atoms with Gasteiger partial charge in [0.05, 0.1) is 15.6 Å². The molecule has 4 aromatic rings. The number of nitrogens with one attached hydrogen (secondary N) is 1. The van der Waals surface area contributed by atoms with Gasteiger partial charge in [0.25, 0.3) is 5.91 Å². The van der Waals surface area contributed by atoms with Crippen LogP contribution in [0.2, 0.25) is 10.0 Å². The van der Waals surface area contributed by atoms with E-state index in [0.717, 1.165) is 23.1 Å². The molecule has 4 rings (SSSR count). The van der Waals surface area contributed by atoms with Crippen molar-refractivity contribution in [3.8, 4) is 11.5 Å². The van der Waals surface area contributed by atoms with Gasteiger partial charge >= 0.3 is 0 Å². The number of carbonyl (C=O) groups excluding carboxylic acids is 1. The average molecular weight is 439 g/mol. The second-order valence-electron chi connectivity index (χ2n) is 7.19. The molecule has 1 amide bonds. The van der Waals surface area contributed by atoms with Crippen LogP contribution in [0.4, 0.5) is 5.69 Å². The molecule has 0 aliphatic carbocycles. The predicted molar refractivity (Wildman–Crippen MR) is 123 cm³/mol. The van der Waals surface area contributed by atoms with E-state index in [4.69, 9.17) is 27.6 Å². The van der Waals surface area contributed by atoms with Crippen molar-refractivity contribution in [2.24, 2.45) is 0 Å². The largest absolute Gasteiger partial charge is 0.436 e. The lowest BCUT2D eigenvalue weighted by Gasteiger charge is -2.08. The van der Waals surface area contributed by atoms with E-state index in [2.05, 4.69) is 36.3 Å². The Hall–Kier alpha value is -2.82. The number of fused-ring (bicyclic) bond motifs is 1. The van der Waals surface area contributed by atoms with E-state index in [1.54, 1.807) is 30.3 Å². The molecule has 4 nitrogen and oxygen atoms in total. The molecule has 0 fully saturated rings. The van der Waals surface area contributed by atoms with E-state index < -0.39 is 0 Å². The van der Waals surface area contributed by atoms with Crippen molar-refractivity contribution in [1.82, 2.24) is 4.98 Å². The molecule has 0 aliphatic heterocycles. The first-order chi connectivity index (χ1) is 14.5. The molecule has 0 saturated carbocycles. The highest BCUT2D eigenvalue weighted by Gasteiger charge is 2.14. The van der Waals surface area contributed by atoms with Gasteiger partial charge in [-0.2, -0.15) is 0 Å². The fourth-order valence-corrected chi connectivity index (χ4v) is 3.57. The molecule has 1 atom stereocenters. The molecule has 1 heterocycles. The topological polar surface area (TPSA) is 55.1 Å². The van der Waals surface area contributed by atoms with Crippen LogP contribution < -0.4 is 5.32 Å². The zero-order valence-corrected chi connectivity index (χ0v) is 18.1. The number of aromatic nitrogens is 1. The Kier molecular flexibility index (Phi) is 5.80. The molecule has 30 heavy (non-hydrogen) atoms. The van der Waals surface area contributed by atoms with Gasteiger partial charge in [0.2, 0.25) is 5.89 Å². The summed E-state index contributed by atoms with van der Waals surface area (Å²) >= 11 is 12.1. The van der Waals surface area contributed by atoms with E-state index in [0.29, 0.717) is 28.1 Å². The quantitative estimate of drug-likeness (QED) is 0.349. The van der Waals surface area contributed by atoms with Crippen LogP contribution >= 0.6 is 23.2 Å². The number of carbonyl (C=O) groups is 1. The van der Waals surface area contributed by atoms with Crippen molar-refractivity contribution in [2.75, 3.05) is 5.32 Å². The maximum Gasteiger partial charge on any atom is 0.257 e. The molecule has 0 bridgehead atoms. The van der Waals surface area contributed by atoms with Crippen molar-refractivity contribution in [2.45, 2.75) is 26.2 Å². The molecule has 0 radical (unpaired) electrons. The minimum atomic E-state index is -0.324. The van der Waals surface area contributed by atoms with E-state index in [1.807, 2.05) is 18.2 Å². The Morgan fingerprint density at radius 3 is 2.60 bits per heavy atom. The van der Waals surface area contributed by atoms with Crippen LogP contribution in [0.5, 0.6) is 0 Å². The third-order valence-electron chi connectivity index (χ3n) is 5.18. The summed E-state index contributed by atoms with van der Waals surface area (Å²) in [6.45, 7) is 4.37. The summed E-state index contributed by atoms with van der Waals surface area (Å²) in [6, 6.07) is 18.4. The van der Waals surface area contributed by atoms with Gasteiger partial charge in [-0.15, -0.1) is 0 Å². The zero-order valence-electron chi connectivity index (χ0n) is 16.6. The number of hydrogen-bond donors (Lipinski definition) is 1. The number of nitrogens with zero attached hydrogens (tertiary/aromatic N) is 1. The van der Waals surface area contributed by atoms with Crippen LogP contribution in [0, 0.1) is 0 Å². The van der Waals surface area contributed by atoms with Crippen molar-refractivity contribution in [1.29, 1.82) is 0 Å². The van der Waals surface area contributed by atoms with Crippen molar-refractivity contribution in [3.05, 3.63) is 81.8 Å². The molecule has 1 N–H and O–H groups in total. The highest BCUT2D eigenvalue weighted by atomic mass is 35.5. The van der Waals surface area contributed by atoms with Crippen molar-refractivity contribution >= 4 is 45.9 Å². The Bertz CT molecular complexity index is 1220. The lowest BCUT2D eigenvalue weighted by atomic mass is 9.98. The fourth-order valence-electron chi connectivity index (χ4n) is 3.18. The predicted octanol–water partition coefficient (Wildman–Crippen LogP) is 7.57. The number of amides is 1. The summed E-state index contributed by atoms with van der Waals surface area (Å²) < 4.78 is 5.91. The van der Waals surface area contributed by atoms with Gasteiger partial charge in [-0.05, 0) is 66.4 Å². The summed E-state index contributed by atoms with van der Waals surface area (Å²) in [5, 5.41) is 3.40. The molecule has 3 aromatic carbocycles. The molecular weight excluding hydrogens is 419 g/mol. The van der Waals surface area contributed by atoms with Gasteiger partial charge < -0.3 is 9.73 Å². The first kappa shape index (κ1) is 20.5. The van der Waals surface area contributed by atoms with E-state index in [9.17, 15) is 4.79 Å². The van der Waals surface area contributed by atoms with E-state index >= 15 is 0 Å². The number of oxazole rings is 1. The van der Waals surface area contributed by atoms with Gasteiger partial charge in [-0.25, -0.2) is 4.98 Å². The second kappa shape index (κ2) is 8.50. The molecule has 0 unspecified atom stereocenters. The fraction of sp³-hybridized carbons (Fsp3) is 0.167. The Morgan fingerprint density at radius 1 is 1.10 bits per heavy atom. The standard InChI is InChI=1S/C24H20Cl2N2O2/c1-3-14(2)16-9-12-21-20(13-16)28-24(30-21)15-7-10-17(11-8-15)27-23(29)18-5-4-6-19(25)22(18)26/h4-14H,3H2,1-2H3,(H,27,29)/t14-/m0/s1. The average Bonchev–Trinajstić information content (AvgIpc) is 3.19. The number of anilines is 1. The summed E-state index contributed by atoms with van der Waals surface area (Å²) in [6.07, 6.45) is 1.07. The minimum Gasteiger partial charge on any atom is -0.436 e. The van der Waals surface area contributed by atoms with Gasteiger partial charge in [0.1, 0.15) is 5.52 Å². The van der Waals surface area contributed by atoms with Crippen LogP contribution in [0.15, 0.2) is 65.1 Å². The first-order valence-electron chi connectivity index (χ1n) is 9.72. The Balaban J connectivity index is 1.54. The zero-order chi connectivity index (χ0) is 21.3. The van der Waals surface area contributed by atoms with Gasteiger partial charge in [0.15, 0.2) is 5.58 Å². The number of benzene rings is 3. The van der Waals surface area contributed by atoms with Crippen LogP contribution in [-0.2, 0) is 0 Å². The highest BCUT2D eigenvalue weighted by Crippen LogP contribution is 2.29. The van der Waals surface area contributed by atoms with Gasteiger partial charge in [-0.1, -0.05) is 49.2 Å². The highest BCUT2D eigenvalue weighted by molar-refractivity contribution is 6.44. The van der Waals surface area contributed by atoms with E-state index in [1.165, 1.54) is 5.56 Å². The summed E-state index contributed by atoms with van der Waals surface area (Å²) in [7, 11) is 0. The SMILES string of the molecule is CC[C@H](C)c1ccc2oc(-c3ccc(NC(=O)c4cccc(Cl)c4Cl)cc3)nc2c1. The normalized spacial score (nSPS) is 12.1. The smallest absolute Gasteiger partial charge is 0.257 e. The third-order valence-corrected chi connectivity index (χ3v) is 6.00. The van der Waals surface area contributed by atoms with Gasteiger partial charge in [0, 0.05) is 11.3 Å². The number of halogens is 2. The Labute approximate surface area is 184 Å².